The summed E-state index contributed by atoms with van der Waals surface area (Å²) in [6, 6.07) is 17.1. The first-order valence-corrected chi connectivity index (χ1v) is 9.62. The van der Waals surface area contributed by atoms with E-state index in [1.165, 1.54) is 11.3 Å². The van der Waals surface area contributed by atoms with Crippen LogP contribution >= 0.6 is 11.3 Å². The number of aromatic nitrogens is 2. The maximum atomic E-state index is 12.6. The van der Waals surface area contributed by atoms with Crippen molar-refractivity contribution in [1.29, 1.82) is 0 Å². The molecule has 2 aromatic heterocycles. The van der Waals surface area contributed by atoms with Gasteiger partial charge in [-0.05, 0) is 30.7 Å². The third-order valence-corrected chi connectivity index (χ3v) is 5.67. The zero-order chi connectivity index (χ0) is 19.1. The fraction of sp³-hybridized carbons (Fsp3) is 0.143. The van der Waals surface area contributed by atoms with Crippen molar-refractivity contribution in [2.75, 3.05) is 6.79 Å². The van der Waals surface area contributed by atoms with Gasteiger partial charge >= 0.3 is 5.97 Å². The summed E-state index contributed by atoms with van der Waals surface area (Å²) < 4.78 is 18.1. The van der Waals surface area contributed by atoms with Crippen molar-refractivity contribution in [3.05, 3.63) is 70.7 Å². The monoisotopic (exact) mass is 392 g/mol. The number of carbonyl (C=O) groups is 1. The molecule has 0 radical (unpaired) electrons. The van der Waals surface area contributed by atoms with Crippen molar-refractivity contribution in [3.63, 3.8) is 0 Å². The molecule has 28 heavy (non-hydrogen) atoms. The lowest BCUT2D eigenvalue weighted by atomic mass is 10.2. The number of carbonyl (C=O) groups excluding carboxylic acids is 1. The molecule has 0 saturated carbocycles. The summed E-state index contributed by atoms with van der Waals surface area (Å²) in [5.41, 5.74) is 2.05. The van der Waals surface area contributed by atoms with Crippen molar-refractivity contribution < 1.29 is 19.0 Å². The minimum Gasteiger partial charge on any atom is -0.454 e. The normalized spacial score (nSPS) is 12.5. The molecule has 6 nitrogen and oxygen atoms in total. The molecule has 0 N–H and O–H groups in total. The maximum Gasteiger partial charge on any atom is 0.353 e. The molecule has 3 heterocycles. The van der Waals surface area contributed by atoms with Crippen LogP contribution in [0.2, 0.25) is 0 Å². The standard InChI is InChI=1S/C21H16N2O4S/c1-13-16-10-19(21(24)27-15-7-8-17-18(9-15)26-12-25-17)28-20(16)23(22-13)11-14-5-3-2-4-6-14/h2-10H,11-12H2,1H3. The van der Waals surface area contributed by atoms with Crippen LogP contribution in [0.15, 0.2) is 54.6 Å². The van der Waals surface area contributed by atoms with Crippen LogP contribution in [0.1, 0.15) is 20.9 Å². The molecule has 0 amide bonds. The fourth-order valence-electron chi connectivity index (χ4n) is 3.17. The summed E-state index contributed by atoms with van der Waals surface area (Å²) in [4.78, 5) is 14.1. The smallest absolute Gasteiger partial charge is 0.353 e. The van der Waals surface area contributed by atoms with E-state index in [9.17, 15) is 4.79 Å². The van der Waals surface area contributed by atoms with Crippen LogP contribution in [0.4, 0.5) is 0 Å². The van der Waals surface area contributed by atoms with Gasteiger partial charge in [0.2, 0.25) is 6.79 Å². The largest absolute Gasteiger partial charge is 0.454 e. The SMILES string of the molecule is Cc1nn(Cc2ccccc2)c2sc(C(=O)Oc3ccc4c(c3)OCO4)cc12. The first-order chi connectivity index (χ1) is 13.7. The minimum atomic E-state index is -0.397. The Morgan fingerprint density at radius 3 is 2.82 bits per heavy atom. The average molecular weight is 392 g/mol. The lowest BCUT2D eigenvalue weighted by Crippen LogP contribution is -2.06. The van der Waals surface area contributed by atoms with Crippen molar-refractivity contribution in [1.82, 2.24) is 9.78 Å². The van der Waals surface area contributed by atoms with Gasteiger partial charge in [-0.1, -0.05) is 30.3 Å². The van der Waals surface area contributed by atoms with Gasteiger partial charge in [-0.25, -0.2) is 4.79 Å². The Morgan fingerprint density at radius 2 is 1.96 bits per heavy atom. The van der Waals surface area contributed by atoms with E-state index in [1.807, 2.05) is 35.9 Å². The Balaban J connectivity index is 1.41. The first kappa shape index (κ1) is 16.8. The Kier molecular flexibility index (Phi) is 4.02. The third kappa shape index (κ3) is 2.99. The Bertz CT molecular complexity index is 1180. The van der Waals surface area contributed by atoms with Gasteiger partial charge in [0.1, 0.15) is 15.5 Å². The Hall–Kier alpha value is -3.32. The average Bonchev–Trinajstić information content (AvgIpc) is 3.40. The second-order valence-corrected chi connectivity index (χ2v) is 7.49. The van der Waals surface area contributed by atoms with Crippen LogP contribution in [0.25, 0.3) is 10.2 Å². The molecule has 4 aromatic rings. The third-order valence-electron chi connectivity index (χ3n) is 4.54. The number of ether oxygens (including phenoxy) is 3. The summed E-state index contributed by atoms with van der Waals surface area (Å²) in [6.45, 7) is 2.78. The number of fused-ring (bicyclic) bond motifs is 2. The van der Waals surface area contributed by atoms with Crippen LogP contribution in [-0.4, -0.2) is 22.5 Å². The summed E-state index contributed by atoms with van der Waals surface area (Å²) in [5, 5.41) is 5.58. The molecule has 0 aliphatic carbocycles. The topological polar surface area (TPSA) is 62.6 Å². The van der Waals surface area contributed by atoms with Gasteiger partial charge in [0, 0.05) is 11.5 Å². The predicted molar refractivity (Wildman–Crippen MR) is 105 cm³/mol. The molecule has 140 valence electrons. The molecule has 5 rings (SSSR count). The van der Waals surface area contributed by atoms with E-state index < -0.39 is 5.97 Å². The van der Waals surface area contributed by atoms with E-state index in [0.29, 0.717) is 28.7 Å². The molecule has 1 aliphatic heterocycles. The highest BCUT2D eigenvalue weighted by Gasteiger charge is 2.20. The lowest BCUT2D eigenvalue weighted by Gasteiger charge is -2.04. The van der Waals surface area contributed by atoms with Crippen LogP contribution < -0.4 is 14.2 Å². The number of esters is 1. The zero-order valence-electron chi connectivity index (χ0n) is 15.0. The zero-order valence-corrected chi connectivity index (χ0v) is 15.9. The van der Waals surface area contributed by atoms with Gasteiger partial charge < -0.3 is 14.2 Å². The molecule has 1 aliphatic rings. The highest BCUT2D eigenvalue weighted by Crippen LogP contribution is 2.36. The van der Waals surface area contributed by atoms with Gasteiger partial charge in [-0.15, -0.1) is 11.3 Å². The maximum absolute atomic E-state index is 12.6. The summed E-state index contributed by atoms with van der Waals surface area (Å²) in [6.07, 6.45) is 0. The second kappa shape index (κ2) is 6.69. The number of hydrogen-bond acceptors (Lipinski definition) is 6. The van der Waals surface area contributed by atoms with E-state index in [4.69, 9.17) is 14.2 Å². The molecule has 7 heteroatoms. The number of nitrogens with zero attached hydrogens (tertiary/aromatic N) is 2. The highest BCUT2D eigenvalue weighted by atomic mass is 32.1. The van der Waals surface area contributed by atoms with E-state index in [0.717, 1.165) is 21.5 Å². The van der Waals surface area contributed by atoms with E-state index in [1.54, 1.807) is 18.2 Å². The number of aryl methyl sites for hydroxylation is 1. The molecule has 0 bridgehead atoms. The molecule has 0 fully saturated rings. The van der Waals surface area contributed by atoms with Crippen molar-refractivity contribution in [2.24, 2.45) is 0 Å². The summed E-state index contributed by atoms with van der Waals surface area (Å²) in [5.74, 6) is 1.26. The van der Waals surface area contributed by atoms with Crippen molar-refractivity contribution in [2.45, 2.75) is 13.5 Å². The van der Waals surface area contributed by atoms with Crippen LogP contribution in [-0.2, 0) is 6.54 Å². The van der Waals surface area contributed by atoms with Gasteiger partial charge in [0.25, 0.3) is 0 Å². The number of hydrogen-bond donors (Lipinski definition) is 0. The van der Waals surface area contributed by atoms with E-state index in [-0.39, 0.29) is 6.79 Å². The Labute approximate surface area is 164 Å². The van der Waals surface area contributed by atoms with Gasteiger partial charge in [0.05, 0.1) is 12.2 Å². The van der Waals surface area contributed by atoms with E-state index in [2.05, 4.69) is 17.2 Å². The van der Waals surface area contributed by atoms with Crippen molar-refractivity contribution in [3.8, 4) is 17.2 Å². The molecule has 0 saturated heterocycles. The Morgan fingerprint density at radius 1 is 1.14 bits per heavy atom. The predicted octanol–water partition coefficient (Wildman–Crippen LogP) is 4.40. The highest BCUT2D eigenvalue weighted by molar-refractivity contribution is 7.20. The van der Waals surface area contributed by atoms with Crippen molar-refractivity contribution >= 4 is 27.5 Å². The lowest BCUT2D eigenvalue weighted by molar-refractivity contribution is 0.0739. The second-order valence-electron chi connectivity index (χ2n) is 6.46. The van der Waals surface area contributed by atoms with Gasteiger partial charge in [-0.2, -0.15) is 5.10 Å². The van der Waals surface area contributed by atoms with Gasteiger partial charge in [0.15, 0.2) is 11.5 Å². The summed E-state index contributed by atoms with van der Waals surface area (Å²) in [7, 11) is 0. The molecular weight excluding hydrogens is 376 g/mol. The quantitative estimate of drug-likeness (QED) is 0.380. The molecule has 2 aromatic carbocycles. The summed E-state index contributed by atoms with van der Waals surface area (Å²) >= 11 is 1.39. The number of benzene rings is 2. The fourth-order valence-corrected chi connectivity index (χ4v) is 4.21. The van der Waals surface area contributed by atoms with E-state index >= 15 is 0 Å². The van der Waals surface area contributed by atoms with Crippen LogP contribution in [0.3, 0.4) is 0 Å². The minimum absolute atomic E-state index is 0.181. The number of thiophene rings is 1. The van der Waals surface area contributed by atoms with Crippen LogP contribution in [0.5, 0.6) is 17.2 Å². The van der Waals surface area contributed by atoms with Crippen LogP contribution in [0, 0.1) is 6.92 Å². The first-order valence-electron chi connectivity index (χ1n) is 8.80. The number of rotatable bonds is 4. The molecule has 0 atom stereocenters. The molecule has 0 spiro atoms. The van der Waals surface area contributed by atoms with Gasteiger partial charge in [-0.3, -0.25) is 4.68 Å². The molecular formula is C21H16N2O4S. The molecule has 0 unspecified atom stereocenters.